The molecule has 0 aliphatic rings. The Bertz CT molecular complexity index is 337. The molecule has 13 heavy (non-hydrogen) atoms. The smallest absolute Gasteiger partial charge is 0.397 e. The fraction of sp³-hybridized carbons (Fsp3) is 0.143. The van der Waals surface area contributed by atoms with E-state index in [1.54, 1.807) is 0 Å². The van der Waals surface area contributed by atoms with Gasteiger partial charge in [0.15, 0.2) is 0 Å². The van der Waals surface area contributed by atoms with Crippen LogP contribution < -0.4 is 5.73 Å². The third kappa shape index (κ3) is 2.11. The molecular weight excluding hydrogens is 267 g/mol. The minimum absolute atomic E-state index is 0.00171. The van der Waals surface area contributed by atoms with E-state index in [4.69, 9.17) is 5.73 Å². The van der Waals surface area contributed by atoms with E-state index in [0.717, 1.165) is 6.07 Å². The Hall–Kier alpha value is -0.360. The fourth-order valence-corrected chi connectivity index (χ4v) is 1.71. The van der Waals surface area contributed by atoms with Gasteiger partial charge in [-0.05, 0) is 28.1 Å². The van der Waals surface area contributed by atoms with Crippen LogP contribution in [0.3, 0.4) is 0 Å². The van der Waals surface area contributed by atoms with Crippen molar-refractivity contribution in [2.24, 2.45) is 0 Å². The number of hydrogen-bond donors (Lipinski definition) is 2. The van der Waals surface area contributed by atoms with Crippen LogP contribution in [0.1, 0.15) is 5.56 Å². The molecule has 0 saturated heterocycles. The molecule has 0 bridgehead atoms. The van der Waals surface area contributed by atoms with E-state index in [-0.39, 0.29) is 10.2 Å². The maximum absolute atomic E-state index is 12.2. The molecule has 0 aromatic heterocycles. The highest BCUT2D eigenvalue weighted by Gasteiger charge is 2.33. The molecule has 0 radical (unpaired) electrons. The molecule has 0 unspecified atom stereocenters. The van der Waals surface area contributed by atoms with E-state index in [9.17, 15) is 13.2 Å². The van der Waals surface area contributed by atoms with E-state index >= 15 is 0 Å². The van der Waals surface area contributed by atoms with Crippen molar-refractivity contribution >= 4 is 34.2 Å². The molecule has 0 aliphatic heterocycles. The Morgan fingerprint density at radius 1 is 1.31 bits per heavy atom. The average molecular weight is 272 g/mol. The van der Waals surface area contributed by atoms with Crippen LogP contribution >= 0.6 is 28.6 Å². The van der Waals surface area contributed by atoms with Crippen LogP contribution in [0.5, 0.6) is 0 Å². The Morgan fingerprint density at radius 2 is 1.85 bits per heavy atom. The first-order valence-corrected chi connectivity index (χ1v) is 4.42. The molecular formula is C7H5BrF3NS. The van der Waals surface area contributed by atoms with Crippen molar-refractivity contribution in [3.05, 3.63) is 22.2 Å². The largest absolute Gasteiger partial charge is 0.417 e. The number of anilines is 1. The second-order valence-corrected chi connectivity index (χ2v) is 3.63. The van der Waals surface area contributed by atoms with Crippen molar-refractivity contribution in [3.8, 4) is 0 Å². The van der Waals surface area contributed by atoms with Crippen molar-refractivity contribution < 1.29 is 13.2 Å². The van der Waals surface area contributed by atoms with Crippen LogP contribution in [0.2, 0.25) is 0 Å². The lowest BCUT2D eigenvalue weighted by atomic mass is 10.2. The van der Waals surface area contributed by atoms with Crippen molar-refractivity contribution in [3.63, 3.8) is 0 Å². The number of benzene rings is 1. The summed E-state index contributed by atoms with van der Waals surface area (Å²) < 4.78 is 36.6. The topological polar surface area (TPSA) is 26.0 Å². The van der Waals surface area contributed by atoms with Crippen molar-refractivity contribution in [1.82, 2.24) is 0 Å². The molecule has 0 saturated carbocycles. The predicted octanol–water partition coefficient (Wildman–Crippen LogP) is 3.34. The van der Waals surface area contributed by atoms with Crippen LogP contribution in [0.25, 0.3) is 0 Å². The number of halogens is 4. The lowest BCUT2D eigenvalue weighted by Crippen LogP contribution is -2.07. The van der Waals surface area contributed by atoms with Crippen molar-refractivity contribution in [2.75, 3.05) is 5.73 Å². The van der Waals surface area contributed by atoms with Crippen LogP contribution in [-0.2, 0) is 6.18 Å². The molecule has 0 amide bonds. The van der Waals surface area contributed by atoms with E-state index in [0.29, 0.717) is 4.90 Å². The zero-order valence-corrected chi connectivity index (χ0v) is 8.67. The highest BCUT2D eigenvalue weighted by Crippen LogP contribution is 2.39. The molecule has 0 spiro atoms. The molecule has 6 heteroatoms. The van der Waals surface area contributed by atoms with Crippen molar-refractivity contribution in [1.29, 1.82) is 0 Å². The molecule has 1 nitrogen and oxygen atoms in total. The molecule has 0 atom stereocenters. The van der Waals surface area contributed by atoms with Crippen molar-refractivity contribution in [2.45, 2.75) is 11.1 Å². The molecule has 1 aromatic rings. The van der Waals surface area contributed by atoms with Crippen LogP contribution in [0.4, 0.5) is 18.9 Å². The first kappa shape index (κ1) is 10.7. The van der Waals surface area contributed by atoms with E-state index in [2.05, 4.69) is 28.6 Å². The summed E-state index contributed by atoms with van der Waals surface area (Å²) in [6, 6.07) is 2.15. The summed E-state index contributed by atoms with van der Waals surface area (Å²) in [6.45, 7) is 0. The van der Waals surface area contributed by atoms with Gasteiger partial charge in [-0.3, -0.25) is 0 Å². The Morgan fingerprint density at radius 3 is 2.31 bits per heavy atom. The predicted molar refractivity (Wildman–Crippen MR) is 50.8 cm³/mol. The Kier molecular flexibility index (Phi) is 2.82. The number of thiol groups is 1. The van der Waals surface area contributed by atoms with Crippen LogP contribution in [-0.4, -0.2) is 0 Å². The number of nitrogens with two attached hydrogens (primary N) is 1. The summed E-state index contributed by atoms with van der Waals surface area (Å²) in [4.78, 5) is 0.319. The zero-order valence-electron chi connectivity index (χ0n) is 6.19. The van der Waals surface area contributed by atoms with Crippen LogP contribution in [0.15, 0.2) is 21.5 Å². The monoisotopic (exact) mass is 271 g/mol. The third-order valence-electron chi connectivity index (χ3n) is 1.46. The number of alkyl halides is 3. The van der Waals surface area contributed by atoms with Gasteiger partial charge in [-0.1, -0.05) is 0 Å². The summed E-state index contributed by atoms with van der Waals surface area (Å²) >= 11 is 6.66. The fourth-order valence-electron chi connectivity index (χ4n) is 0.802. The minimum Gasteiger partial charge on any atom is -0.397 e. The molecule has 72 valence electrons. The van der Waals surface area contributed by atoms with Gasteiger partial charge in [0.05, 0.1) is 15.7 Å². The van der Waals surface area contributed by atoms with Crippen LogP contribution in [0, 0.1) is 0 Å². The standard InChI is InChI=1S/C7H5BrF3NS/c8-5-3(7(9,10)11)1-2-4(13)6(5)12/h1-2,13H,12H2. The molecule has 0 aliphatic carbocycles. The Labute approximate surface area is 86.7 Å². The summed E-state index contributed by atoms with van der Waals surface area (Å²) in [7, 11) is 0. The molecule has 1 rings (SSSR count). The van der Waals surface area contributed by atoms with E-state index < -0.39 is 11.7 Å². The molecule has 0 heterocycles. The number of hydrogen-bond acceptors (Lipinski definition) is 2. The van der Waals surface area contributed by atoms with E-state index in [1.165, 1.54) is 6.07 Å². The summed E-state index contributed by atoms with van der Waals surface area (Å²) in [6.07, 6.45) is -4.39. The maximum atomic E-state index is 12.2. The van der Waals surface area contributed by atoms with Gasteiger partial charge in [0.25, 0.3) is 0 Å². The zero-order chi connectivity index (χ0) is 10.2. The molecule has 0 fully saturated rings. The maximum Gasteiger partial charge on any atom is 0.417 e. The number of rotatable bonds is 0. The lowest BCUT2D eigenvalue weighted by molar-refractivity contribution is -0.138. The van der Waals surface area contributed by atoms with Gasteiger partial charge in [-0.15, -0.1) is 12.6 Å². The quantitative estimate of drug-likeness (QED) is 0.549. The third-order valence-corrected chi connectivity index (χ3v) is 2.71. The second-order valence-electron chi connectivity index (χ2n) is 2.36. The first-order valence-electron chi connectivity index (χ1n) is 3.18. The van der Waals surface area contributed by atoms with Gasteiger partial charge in [0.1, 0.15) is 0 Å². The average Bonchev–Trinajstić information content (AvgIpc) is 1.98. The van der Waals surface area contributed by atoms with Gasteiger partial charge >= 0.3 is 6.18 Å². The molecule has 2 N–H and O–H groups in total. The van der Waals surface area contributed by atoms with E-state index in [1.807, 2.05) is 0 Å². The SMILES string of the molecule is Nc1c(S)ccc(C(F)(F)F)c1Br. The molecule has 1 aromatic carbocycles. The summed E-state index contributed by atoms with van der Waals surface area (Å²) in [5, 5.41) is 0. The Balaban J connectivity index is 3.35. The second kappa shape index (κ2) is 3.42. The highest BCUT2D eigenvalue weighted by atomic mass is 79.9. The van der Waals surface area contributed by atoms with Gasteiger partial charge in [0, 0.05) is 4.90 Å². The van der Waals surface area contributed by atoms with Gasteiger partial charge < -0.3 is 5.73 Å². The minimum atomic E-state index is -4.39. The first-order chi connectivity index (χ1) is 5.84. The highest BCUT2D eigenvalue weighted by molar-refractivity contribution is 9.10. The summed E-state index contributed by atoms with van der Waals surface area (Å²) in [5.74, 6) is 0. The number of nitrogen functional groups attached to an aromatic ring is 1. The van der Waals surface area contributed by atoms with Gasteiger partial charge in [0.2, 0.25) is 0 Å². The normalized spacial score (nSPS) is 11.8. The van der Waals surface area contributed by atoms with Gasteiger partial charge in [-0.25, -0.2) is 0 Å². The van der Waals surface area contributed by atoms with Gasteiger partial charge in [-0.2, -0.15) is 13.2 Å². The lowest BCUT2D eigenvalue weighted by Gasteiger charge is -2.11. The summed E-state index contributed by atoms with van der Waals surface area (Å²) in [5.41, 5.74) is 4.57.